The summed E-state index contributed by atoms with van der Waals surface area (Å²) in [4.78, 5) is 18.7. The van der Waals surface area contributed by atoms with Gasteiger partial charge in [-0.1, -0.05) is 13.8 Å². The Morgan fingerprint density at radius 3 is 2.71 bits per heavy atom. The fraction of sp³-hybridized carbons (Fsp3) is 0.692. The van der Waals surface area contributed by atoms with Gasteiger partial charge < -0.3 is 15.7 Å². The lowest BCUT2D eigenvalue weighted by atomic mass is 9.95. The molecule has 0 aromatic carbocycles. The topological polar surface area (TPSA) is 113 Å². The predicted octanol–water partition coefficient (Wildman–Crippen LogP) is 2.17. The summed E-state index contributed by atoms with van der Waals surface area (Å²) in [7, 11) is 0. The second kappa shape index (κ2) is 7.72. The van der Waals surface area contributed by atoms with E-state index in [9.17, 15) is 10.1 Å². The SMILES string of the molecule is CCCNc1ncc([N+](=O)[O-])c(NC(C)(CC)CCO)n1. The standard InChI is InChI=1S/C13H23N5O3/c1-4-7-14-12-15-9-10(18(20)21)11(16-12)17-13(3,5-2)6-8-19/h9,19H,4-8H2,1-3H3,(H2,14,15,16,17). The summed E-state index contributed by atoms with van der Waals surface area (Å²) in [5, 5.41) is 26.3. The molecule has 8 heteroatoms. The Kier molecular flexibility index (Phi) is 6.29. The maximum absolute atomic E-state index is 11.1. The van der Waals surface area contributed by atoms with Crippen molar-refractivity contribution in [2.24, 2.45) is 0 Å². The van der Waals surface area contributed by atoms with Gasteiger partial charge in [0.1, 0.15) is 6.20 Å². The summed E-state index contributed by atoms with van der Waals surface area (Å²) in [6.07, 6.45) is 3.28. The zero-order valence-corrected chi connectivity index (χ0v) is 12.7. The molecule has 0 bridgehead atoms. The van der Waals surface area contributed by atoms with E-state index in [1.165, 1.54) is 6.20 Å². The Bertz CT molecular complexity index is 483. The van der Waals surface area contributed by atoms with Crippen LogP contribution in [0.3, 0.4) is 0 Å². The molecule has 1 aromatic heterocycles. The number of hydrogen-bond acceptors (Lipinski definition) is 7. The van der Waals surface area contributed by atoms with Crippen LogP contribution in [-0.2, 0) is 0 Å². The van der Waals surface area contributed by atoms with Gasteiger partial charge in [-0.15, -0.1) is 0 Å². The van der Waals surface area contributed by atoms with Crippen molar-refractivity contribution in [3.8, 4) is 0 Å². The van der Waals surface area contributed by atoms with Gasteiger partial charge >= 0.3 is 5.69 Å². The zero-order valence-electron chi connectivity index (χ0n) is 12.7. The third-order valence-electron chi connectivity index (χ3n) is 3.36. The number of aliphatic hydroxyl groups is 1. The summed E-state index contributed by atoms with van der Waals surface area (Å²) < 4.78 is 0. The van der Waals surface area contributed by atoms with Gasteiger partial charge in [-0.2, -0.15) is 4.98 Å². The van der Waals surface area contributed by atoms with Crippen LogP contribution in [0, 0.1) is 10.1 Å². The van der Waals surface area contributed by atoms with E-state index in [2.05, 4.69) is 20.6 Å². The molecule has 0 saturated carbocycles. The first kappa shape index (κ1) is 17.1. The molecule has 21 heavy (non-hydrogen) atoms. The van der Waals surface area contributed by atoms with Gasteiger partial charge in [0.2, 0.25) is 11.8 Å². The van der Waals surface area contributed by atoms with E-state index in [0.29, 0.717) is 25.3 Å². The van der Waals surface area contributed by atoms with Crippen molar-refractivity contribution in [2.75, 3.05) is 23.8 Å². The molecule has 1 aromatic rings. The number of aliphatic hydroxyl groups excluding tert-OH is 1. The van der Waals surface area contributed by atoms with Crippen molar-refractivity contribution in [2.45, 2.75) is 45.6 Å². The minimum absolute atomic E-state index is 0.00281. The average Bonchev–Trinajstić information content (AvgIpc) is 2.45. The van der Waals surface area contributed by atoms with Crippen LogP contribution in [0.5, 0.6) is 0 Å². The van der Waals surface area contributed by atoms with Gasteiger partial charge in [0, 0.05) is 18.7 Å². The summed E-state index contributed by atoms with van der Waals surface area (Å²) in [6.45, 7) is 6.54. The third-order valence-corrected chi connectivity index (χ3v) is 3.36. The van der Waals surface area contributed by atoms with Gasteiger partial charge in [-0.25, -0.2) is 4.98 Å². The van der Waals surface area contributed by atoms with Crippen molar-refractivity contribution >= 4 is 17.5 Å². The molecule has 1 rings (SSSR count). The predicted molar refractivity (Wildman–Crippen MR) is 81.5 cm³/mol. The average molecular weight is 297 g/mol. The van der Waals surface area contributed by atoms with Crippen molar-refractivity contribution in [3.05, 3.63) is 16.3 Å². The largest absolute Gasteiger partial charge is 0.396 e. The molecule has 0 aliphatic carbocycles. The lowest BCUT2D eigenvalue weighted by molar-refractivity contribution is -0.384. The number of nitro groups is 1. The van der Waals surface area contributed by atoms with Crippen LogP contribution < -0.4 is 10.6 Å². The highest BCUT2D eigenvalue weighted by Gasteiger charge is 2.27. The third kappa shape index (κ3) is 4.82. The van der Waals surface area contributed by atoms with Crippen LogP contribution in [0.2, 0.25) is 0 Å². The van der Waals surface area contributed by atoms with Gasteiger partial charge in [0.05, 0.1) is 4.92 Å². The van der Waals surface area contributed by atoms with Crippen molar-refractivity contribution in [1.29, 1.82) is 0 Å². The molecule has 0 radical (unpaired) electrons. The van der Waals surface area contributed by atoms with Crippen LogP contribution in [0.1, 0.15) is 40.0 Å². The monoisotopic (exact) mass is 297 g/mol. The lowest BCUT2D eigenvalue weighted by Gasteiger charge is -2.29. The smallest absolute Gasteiger partial charge is 0.329 e. The number of nitrogens with one attached hydrogen (secondary N) is 2. The molecule has 0 aliphatic rings. The molecule has 0 spiro atoms. The number of hydrogen-bond donors (Lipinski definition) is 3. The number of anilines is 2. The van der Waals surface area contributed by atoms with E-state index >= 15 is 0 Å². The van der Waals surface area contributed by atoms with E-state index in [1.807, 2.05) is 20.8 Å². The molecule has 1 atom stereocenters. The highest BCUT2D eigenvalue weighted by atomic mass is 16.6. The summed E-state index contributed by atoms with van der Waals surface area (Å²) >= 11 is 0. The summed E-state index contributed by atoms with van der Waals surface area (Å²) in [5.74, 6) is 0.527. The van der Waals surface area contributed by atoms with Crippen LogP contribution in [0.15, 0.2) is 6.20 Å². The Morgan fingerprint density at radius 1 is 1.48 bits per heavy atom. The maximum Gasteiger partial charge on any atom is 0.329 e. The van der Waals surface area contributed by atoms with Crippen molar-refractivity contribution in [3.63, 3.8) is 0 Å². The Hall–Kier alpha value is -1.96. The van der Waals surface area contributed by atoms with Crippen LogP contribution in [0.25, 0.3) is 0 Å². The second-order valence-corrected chi connectivity index (χ2v) is 5.12. The highest BCUT2D eigenvalue weighted by Crippen LogP contribution is 2.28. The molecule has 8 nitrogen and oxygen atoms in total. The fourth-order valence-corrected chi connectivity index (χ4v) is 1.78. The van der Waals surface area contributed by atoms with E-state index in [0.717, 1.165) is 6.42 Å². The molecule has 118 valence electrons. The van der Waals surface area contributed by atoms with Crippen LogP contribution in [0.4, 0.5) is 17.5 Å². The Balaban J connectivity index is 3.07. The molecular formula is C13H23N5O3. The Morgan fingerprint density at radius 2 is 2.19 bits per heavy atom. The Labute approximate surface area is 124 Å². The van der Waals surface area contributed by atoms with Crippen molar-refractivity contribution in [1.82, 2.24) is 9.97 Å². The van der Waals surface area contributed by atoms with Crippen molar-refractivity contribution < 1.29 is 10.0 Å². The first-order valence-electron chi connectivity index (χ1n) is 7.10. The van der Waals surface area contributed by atoms with E-state index in [4.69, 9.17) is 5.11 Å². The molecule has 0 aliphatic heterocycles. The minimum Gasteiger partial charge on any atom is -0.396 e. The van der Waals surface area contributed by atoms with Crippen LogP contribution in [-0.4, -0.2) is 38.7 Å². The number of rotatable bonds is 9. The van der Waals surface area contributed by atoms with Crippen LogP contribution >= 0.6 is 0 Å². The molecule has 0 saturated heterocycles. The molecular weight excluding hydrogens is 274 g/mol. The molecule has 1 unspecified atom stereocenters. The number of nitrogens with zero attached hydrogens (tertiary/aromatic N) is 3. The molecule has 0 amide bonds. The van der Waals surface area contributed by atoms with E-state index in [1.54, 1.807) is 0 Å². The van der Waals surface area contributed by atoms with Gasteiger partial charge in [-0.05, 0) is 26.2 Å². The van der Waals surface area contributed by atoms with E-state index < -0.39 is 10.5 Å². The molecule has 1 heterocycles. The summed E-state index contributed by atoms with van der Waals surface area (Å²) in [5.41, 5.74) is -0.634. The number of aromatic nitrogens is 2. The maximum atomic E-state index is 11.1. The lowest BCUT2D eigenvalue weighted by Crippen LogP contribution is -2.35. The first-order chi connectivity index (χ1) is 9.95. The first-order valence-corrected chi connectivity index (χ1v) is 7.10. The normalized spacial score (nSPS) is 13.5. The minimum atomic E-state index is -0.513. The highest BCUT2D eigenvalue weighted by molar-refractivity contribution is 5.58. The molecule has 3 N–H and O–H groups in total. The fourth-order valence-electron chi connectivity index (χ4n) is 1.78. The van der Waals surface area contributed by atoms with E-state index in [-0.39, 0.29) is 18.1 Å². The second-order valence-electron chi connectivity index (χ2n) is 5.12. The van der Waals surface area contributed by atoms with Gasteiger partial charge in [0.25, 0.3) is 0 Å². The van der Waals surface area contributed by atoms with Gasteiger partial charge in [0.15, 0.2) is 0 Å². The zero-order chi connectivity index (χ0) is 15.9. The summed E-state index contributed by atoms with van der Waals surface area (Å²) in [6, 6.07) is 0. The quantitative estimate of drug-likeness (QED) is 0.473. The van der Waals surface area contributed by atoms with Gasteiger partial charge in [-0.3, -0.25) is 10.1 Å². The molecule has 0 fully saturated rings.